The van der Waals surface area contributed by atoms with Crippen molar-refractivity contribution in [1.82, 2.24) is 9.97 Å². The van der Waals surface area contributed by atoms with E-state index in [2.05, 4.69) is 9.97 Å². The highest BCUT2D eigenvalue weighted by molar-refractivity contribution is 5.64. The van der Waals surface area contributed by atoms with Crippen LogP contribution in [0.15, 0.2) is 36.7 Å². The quantitative estimate of drug-likeness (QED) is 0.752. The van der Waals surface area contributed by atoms with E-state index >= 15 is 0 Å². The number of rotatable bonds is 2. The van der Waals surface area contributed by atoms with Gasteiger partial charge in [0.15, 0.2) is 0 Å². The lowest BCUT2D eigenvalue weighted by atomic mass is 10.2. The number of hydrogen-bond donors (Lipinski definition) is 0. The average molecular weight is 204 g/mol. The van der Waals surface area contributed by atoms with Gasteiger partial charge < -0.3 is 4.74 Å². The third kappa shape index (κ3) is 1.79. The highest BCUT2D eigenvalue weighted by Crippen LogP contribution is 2.27. The minimum Gasteiger partial charge on any atom is -0.481 e. The van der Waals surface area contributed by atoms with E-state index in [1.807, 2.05) is 0 Å². The lowest BCUT2D eigenvalue weighted by Gasteiger charge is -2.06. The second kappa shape index (κ2) is 4.04. The first-order valence-corrected chi connectivity index (χ1v) is 4.43. The third-order valence-electron chi connectivity index (χ3n) is 1.98. The second-order valence-corrected chi connectivity index (χ2v) is 2.89. The van der Waals surface area contributed by atoms with Crippen molar-refractivity contribution in [3.63, 3.8) is 0 Å². The predicted molar refractivity (Wildman–Crippen MR) is 54.0 cm³/mol. The molecule has 15 heavy (non-hydrogen) atoms. The van der Waals surface area contributed by atoms with Crippen LogP contribution in [0, 0.1) is 5.82 Å². The van der Waals surface area contributed by atoms with Crippen molar-refractivity contribution in [1.29, 1.82) is 0 Å². The van der Waals surface area contributed by atoms with Crippen LogP contribution in [0.5, 0.6) is 5.88 Å². The summed E-state index contributed by atoms with van der Waals surface area (Å²) in [6, 6.07) is 6.33. The summed E-state index contributed by atoms with van der Waals surface area (Å²) in [6.07, 6.45) is 3.12. The molecule has 76 valence electrons. The average Bonchev–Trinajstić information content (AvgIpc) is 2.30. The maximum absolute atomic E-state index is 13.4. The molecule has 4 heteroatoms. The molecule has 2 heterocycles. The van der Waals surface area contributed by atoms with E-state index in [-0.39, 0.29) is 11.5 Å². The molecule has 0 atom stereocenters. The first kappa shape index (κ1) is 9.58. The standard InChI is InChI=1S/C11H9FN2O/c1-15-11-8(4-2-7-14-11)10-9(12)5-3-6-13-10/h2-7H,1H3. The van der Waals surface area contributed by atoms with Gasteiger partial charge in [0.2, 0.25) is 5.88 Å². The smallest absolute Gasteiger partial charge is 0.222 e. The van der Waals surface area contributed by atoms with Crippen LogP contribution >= 0.6 is 0 Å². The van der Waals surface area contributed by atoms with Crippen LogP contribution in [0.4, 0.5) is 4.39 Å². The van der Waals surface area contributed by atoms with Crippen molar-refractivity contribution in [2.45, 2.75) is 0 Å². The van der Waals surface area contributed by atoms with Gasteiger partial charge in [-0.25, -0.2) is 9.37 Å². The summed E-state index contributed by atoms with van der Waals surface area (Å²) < 4.78 is 18.5. The Morgan fingerprint density at radius 2 is 1.87 bits per heavy atom. The molecule has 0 saturated carbocycles. The van der Waals surface area contributed by atoms with Gasteiger partial charge in [-0.1, -0.05) is 0 Å². The SMILES string of the molecule is COc1ncccc1-c1ncccc1F. The van der Waals surface area contributed by atoms with E-state index in [9.17, 15) is 4.39 Å². The Hall–Kier alpha value is -1.97. The summed E-state index contributed by atoms with van der Waals surface area (Å²) >= 11 is 0. The van der Waals surface area contributed by atoms with Crippen LogP contribution in [0.3, 0.4) is 0 Å². The van der Waals surface area contributed by atoms with Crippen LogP contribution in [0.25, 0.3) is 11.3 Å². The fourth-order valence-corrected chi connectivity index (χ4v) is 1.32. The largest absolute Gasteiger partial charge is 0.481 e. The molecule has 2 aromatic heterocycles. The molecule has 0 aliphatic rings. The van der Waals surface area contributed by atoms with E-state index in [0.717, 1.165) is 0 Å². The number of pyridine rings is 2. The van der Waals surface area contributed by atoms with E-state index in [4.69, 9.17) is 4.74 Å². The Labute approximate surface area is 86.6 Å². The molecule has 0 radical (unpaired) electrons. The fourth-order valence-electron chi connectivity index (χ4n) is 1.32. The summed E-state index contributed by atoms with van der Waals surface area (Å²) in [5, 5.41) is 0. The number of ether oxygens (including phenoxy) is 1. The van der Waals surface area contributed by atoms with Gasteiger partial charge in [-0.15, -0.1) is 0 Å². The maximum atomic E-state index is 13.4. The molecule has 0 bridgehead atoms. The lowest BCUT2D eigenvalue weighted by Crippen LogP contribution is -1.94. The van der Waals surface area contributed by atoms with Crippen molar-refractivity contribution < 1.29 is 9.13 Å². The van der Waals surface area contributed by atoms with E-state index < -0.39 is 0 Å². The zero-order chi connectivity index (χ0) is 10.7. The van der Waals surface area contributed by atoms with Crippen LogP contribution < -0.4 is 4.74 Å². The van der Waals surface area contributed by atoms with Crippen molar-refractivity contribution >= 4 is 0 Å². The second-order valence-electron chi connectivity index (χ2n) is 2.89. The summed E-state index contributed by atoms with van der Waals surface area (Å²) in [5.74, 6) is -0.0149. The van der Waals surface area contributed by atoms with Crippen molar-refractivity contribution in [2.75, 3.05) is 7.11 Å². The molecule has 2 aromatic rings. The van der Waals surface area contributed by atoms with Gasteiger partial charge in [-0.2, -0.15) is 0 Å². The van der Waals surface area contributed by atoms with Gasteiger partial charge in [0, 0.05) is 12.4 Å². The van der Waals surface area contributed by atoms with Crippen molar-refractivity contribution in [3.8, 4) is 17.1 Å². The molecule has 3 nitrogen and oxygen atoms in total. The number of nitrogens with zero attached hydrogens (tertiary/aromatic N) is 2. The number of hydrogen-bond acceptors (Lipinski definition) is 3. The molecule has 0 aromatic carbocycles. The van der Waals surface area contributed by atoms with Crippen LogP contribution in [-0.2, 0) is 0 Å². The predicted octanol–water partition coefficient (Wildman–Crippen LogP) is 2.29. The van der Waals surface area contributed by atoms with Gasteiger partial charge in [0.05, 0.1) is 12.7 Å². The van der Waals surface area contributed by atoms with Gasteiger partial charge in [0.1, 0.15) is 11.5 Å². The van der Waals surface area contributed by atoms with Gasteiger partial charge >= 0.3 is 0 Å². The number of methoxy groups -OCH3 is 1. The molecule has 0 N–H and O–H groups in total. The van der Waals surface area contributed by atoms with Crippen LogP contribution in [0.1, 0.15) is 0 Å². The van der Waals surface area contributed by atoms with E-state index in [1.165, 1.54) is 19.4 Å². The van der Waals surface area contributed by atoms with Crippen LogP contribution in [-0.4, -0.2) is 17.1 Å². The molecular formula is C11H9FN2O. The van der Waals surface area contributed by atoms with Crippen LogP contribution in [0.2, 0.25) is 0 Å². The van der Waals surface area contributed by atoms with Gasteiger partial charge in [-0.3, -0.25) is 4.98 Å². The number of aromatic nitrogens is 2. The first-order valence-electron chi connectivity index (χ1n) is 4.43. The molecule has 0 fully saturated rings. The summed E-state index contributed by atoms with van der Waals surface area (Å²) in [5.41, 5.74) is 0.806. The summed E-state index contributed by atoms with van der Waals surface area (Å²) in [4.78, 5) is 7.95. The normalized spacial score (nSPS) is 10.0. The van der Waals surface area contributed by atoms with Crippen molar-refractivity contribution in [3.05, 3.63) is 42.5 Å². The Balaban J connectivity index is 2.59. The highest BCUT2D eigenvalue weighted by Gasteiger charge is 2.11. The van der Waals surface area contributed by atoms with Crippen molar-refractivity contribution in [2.24, 2.45) is 0 Å². The lowest BCUT2D eigenvalue weighted by molar-refractivity contribution is 0.399. The monoisotopic (exact) mass is 204 g/mol. The zero-order valence-electron chi connectivity index (χ0n) is 8.14. The molecule has 0 saturated heterocycles. The molecule has 0 spiro atoms. The third-order valence-corrected chi connectivity index (χ3v) is 1.98. The number of halogens is 1. The summed E-state index contributed by atoms with van der Waals surface area (Å²) in [7, 11) is 1.49. The summed E-state index contributed by atoms with van der Waals surface area (Å²) in [6.45, 7) is 0. The minimum atomic E-state index is -0.385. The van der Waals surface area contributed by atoms with E-state index in [1.54, 1.807) is 24.4 Å². The van der Waals surface area contributed by atoms with Gasteiger partial charge in [-0.05, 0) is 24.3 Å². The Morgan fingerprint density at radius 3 is 2.60 bits per heavy atom. The molecule has 0 unspecified atom stereocenters. The topological polar surface area (TPSA) is 35.0 Å². The Kier molecular flexibility index (Phi) is 2.58. The Bertz CT molecular complexity index is 474. The minimum absolute atomic E-state index is 0.252. The maximum Gasteiger partial charge on any atom is 0.222 e. The fraction of sp³-hybridized carbons (Fsp3) is 0.0909. The highest BCUT2D eigenvalue weighted by atomic mass is 19.1. The van der Waals surface area contributed by atoms with E-state index in [0.29, 0.717) is 11.4 Å². The molecule has 0 aliphatic carbocycles. The molecular weight excluding hydrogens is 195 g/mol. The van der Waals surface area contributed by atoms with Gasteiger partial charge in [0.25, 0.3) is 0 Å². The zero-order valence-corrected chi connectivity index (χ0v) is 8.14. The molecule has 0 aliphatic heterocycles. The first-order chi connectivity index (χ1) is 7.33. The molecule has 0 amide bonds. The molecule has 2 rings (SSSR count). The Morgan fingerprint density at radius 1 is 1.13 bits per heavy atom.